The lowest BCUT2D eigenvalue weighted by atomic mass is 9.96. The van der Waals surface area contributed by atoms with Crippen molar-refractivity contribution in [2.75, 3.05) is 45.6 Å². The molecule has 0 saturated carbocycles. The minimum absolute atomic E-state index is 0.170. The van der Waals surface area contributed by atoms with E-state index in [1.807, 2.05) is 0 Å². The molecule has 0 spiro atoms. The van der Waals surface area contributed by atoms with E-state index in [1.54, 1.807) is 12.1 Å². The van der Waals surface area contributed by atoms with Crippen LogP contribution < -0.4 is 21.5 Å². The van der Waals surface area contributed by atoms with E-state index in [1.165, 1.54) is 32.9 Å². The summed E-state index contributed by atoms with van der Waals surface area (Å²) in [4.78, 5) is 15.0. The van der Waals surface area contributed by atoms with Gasteiger partial charge in [-0.25, -0.2) is 0 Å². The Morgan fingerprint density at radius 2 is 1.96 bits per heavy atom. The Balaban J connectivity index is 1.72. The van der Waals surface area contributed by atoms with Gasteiger partial charge in [-0.05, 0) is 63.8 Å². The molecule has 2 rings (SSSR count). The smallest absolute Gasteiger partial charge is 0.255 e. The molecule has 1 saturated heterocycles. The largest absolute Gasteiger partial charge is 0.496 e. The lowest BCUT2D eigenvalue weighted by Crippen LogP contribution is -2.39. The predicted molar refractivity (Wildman–Crippen MR) is 111 cm³/mol. The number of nitrogens with one attached hydrogen (secondary N) is 1. The van der Waals surface area contributed by atoms with Crippen molar-refractivity contribution in [1.29, 1.82) is 0 Å². The normalized spacial score (nSPS) is 15.7. The molecule has 1 aromatic rings. The second kappa shape index (κ2) is 11.4. The number of amides is 1. The van der Waals surface area contributed by atoms with Gasteiger partial charge in [-0.1, -0.05) is 24.4 Å². The first-order chi connectivity index (χ1) is 13.0. The van der Waals surface area contributed by atoms with E-state index in [4.69, 9.17) is 27.8 Å². The van der Waals surface area contributed by atoms with Crippen LogP contribution >= 0.6 is 11.6 Å². The highest BCUT2D eigenvalue weighted by molar-refractivity contribution is 6.33. The quantitative estimate of drug-likeness (QED) is 0.417. The Morgan fingerprint density at radius 3 is 2.63 bits per heavy atom. The zero-order chi connectivity index (χ0) is 19.6. The van der Waals surface area contributed by atoms with Gasteiger partial charge in [0, 0.05) is 12.6 Å². The van der Waals surface area contributed by atoms with E-state index < -0.39 is 0 Å². The molecule has 0 aliphatic carbocycles. The summed E-state index contributed by atoms with van der Waals surface area (Å²) in [6.45, 7) is 4.85. The maximum Gasteiger partial charge on any atom is 0.255 e. The summed E-state index contributed by atoms with van der Waals surface area (Å²) in [6.07, 6.45) is 7.10. The maximum absolute atomic E-state index is 12.5. The number of rotatable bonds is 10. The zero-order valence-corrected chi connectivity index (χ0v) is 17.1. The van der Waals surface area contributed by atoms with Crippen molar-refractivity contribution in [3.8, 4) is 5.75 Å². The molecule has 6 nitrogen and oxygen atoms in total. The average molecular weight is 397 g/mol. The fourth-order valence-electron chi connectivity index (χ4n) is 3.50. The second-order valence-electron chi connectivity index (χ2n) is 7.27. The molecule has 1 amide bonds. The van der Waals surface area contributed by atoms with E-state index in [0.717, 1.165) is 38.9 Å². The number of methoxy groups -OCH3 is 1. The molecule has 27 heavy (non-hydrogen) atoms. The van der Waals surface area contributed by atoms with E-state index in [9.17, 15) is 4.79 Å². The number of carbonyl (C=O) groups excluding carboxylic acids is 1. The fraction of sp³-hybridized carbons (Fsp3) is 0.650. The molecule has 5 N–H and O–H groups in total. The van der Waals surface area contributed by atoms with Gasteiger partial charge in [-0.2, -0.15) is 0 Å². The third-order valence-electron chi connectivity index (χ3n) is 5.25. The number of anilines is 1. The number of unbranched alkanes of at least 4 members (excludes halogenated alkanes) is 3. The Morgan fingerprint density at radius 1 is 1.26 bits per heavy atom. The Hall–Kier alpha value is -1.50. The van der Waals surface area contributed by atoms with Crippen molar-refractivity contribution in [2.45, 2.75) is 38.5 Å². The molecule has 1 aliphatic heterocycles. The number of nitrogens with two attached hydrogens (primary N) is 2. The molecular weight excluding hydrogens is 364 g/mol. The molecule has 1 aromatic carbocycles. The highest BCUT2D eigenvalue weighted by Gasteiger charge is 2.21. The van der Waals surface area contributed by atoms with Crippen molar-refractivity contribution in [1.82, 2.24) is 10.2 Å². The molecule has 152 valence electrons. The third-order valence-corrected chi connectivity index (χ3v) is 5.58. The molecule has 0 atom stereocenters. The number of carbonyl (C=O) groups is 1. The first-order valence-corrected chi connectivity index (χ1v) is 10.3. The topological polar surface area (TPSA) is 93.6 Å². The third kappa shape index (κ3) is 6.87. The van der Waals surface area contributed by atoms with Crippen LogP contribution in [0.15, 0.2) is 12.1 Å². The number of hydrogen-bond acceptors (Lipinski definition) is 5. The van der Waals surface area contributed by atoms with Gasteiger partial charge in [0.1, 0.15) is 5.75 Å². The van der Waals surface area contributed by atoms with Crippen LogP contribution in [0.4, 0.5) is 5.69 Å². The number of nitrogen functional groups attached to an aromatic ring is 1. The van der Waals surface area contributed by atoms with Crippen LogP contribution in [-0.2, 0) is 0 Å². The number of nitrogens with zero attached hydrogens (tertiary/aromatic N) is 1. The first kappa shape index (κ1) is 21.8. The summed E-state index contributed by atoms with van der Waals surface area (Å²) >= 11 is 6.05. The number of piperidine rings is 1. The monoisotopic (exact) mass is 396 g/mol. The molecule has 1 aliphatic rings. The Bertz CT molecular complexity index is 604. The summed E-state index contributed by atoms with van der Waals surface area (Å²) < 4.78 is 5.26. The van der Waals surface area contributed by atoms with Crippen molar-refractivity contribution < 1.29 is 9.53 Å². The van der Waals surface area contributed by atoms with Crippen molar-refractivity contribution in [2.24, 2.45) is 11.7 Å². The standard InChI is InChI=1S/C20H33ClN4O2/c1-27-19-13-18(23)17(21)12-16(19)20(26)24-14-15-6-10-25(11-7-15)9-5-3-2-4-8-22/h12-13,15H,2-11,14,22-23H2,1H3,(H,24,26). The Labute approximate surface area is 167 Å². The average Bonchev–Trinajstić information content (AvgIpc) is 2.68. The summed E-state index contributed by atoms with van der Waals surface area (Å²) in [7, 11) is 1.52. The molecular formula is C20H33ClN4O2. The van der Waals surface area contributed by atoms with Crippen LogP contribution in [0.1, 0.15) is 48.9 Å². The van der Waals surface area contributed by atoms with Gasteiger partial charge >= 0.3 is 0 Å². The first-order valence-electron chi connectivity index (χ1n) is 9.88. The molecule has 0 bridgehead atoms. The molecule has 0 unspecified atom stereocenters. The van der Waals surface area contributed by atoms with Gasteiger partial charge < -0.3 is 26.4 Å². The second-order valence-corrected chi connectivity index (χ2v) is 7.68. The molecule has 0 aromatic heterocycles. The van der Waals surface area contributed by atoms with Gasteiger partial charge in [0.05, 0.1) is 23.4 Å². The number of benzene rings is 1. The van der Waals surface area contributed by atoms with Crippen LogP contribution in [0.5, 0.6) is 5.75 Å². The van der Waals surface area contributed by atoms with Gasteiger partial charge in [0.15, 0.2) is 0 Å². The summed E-state index contributed by atoms with van der Waals surface area (Å²) in [5, 5.41) is 3.38. The van der Waals surface area contributed by atoms with E-state index in [2.05, 4.69) is 10.2 Å². The minimum Gasteiger partial charge on any atom is -0.496 e. The zero-order valence-electron chi connectivity index (χ0n) is 16.3. The highest BCUT2D eigenvalue weighted by atomic mass is 35.5. The van der Waals surface area contributed by atoms with Crippen molar-refractivity contribution >= 4 is 23.2 Å². The lowest BCUT2D eigenvalue weighted by molar-refractivity contribution is 0.0933. The van der Waals surface area contributed by atoms with Crippen LogP contribution in [0, 0.1) is 5.92 Å². The van der Waals surface area contributed by atoms with Crippen molar-refractivity contribution in [3.05, 3.63) is 22.7 Å². The minimum atomic E-state index is -0.170. The maximum atomic E-state index is 12.5. The summed E-state index contributed by atoms with van der Waals surface area (Å²) in [5.74, 6) is 0.785. The Kier molecular flexibility index (Phi) is 9.18. The highest BCUT2D eigenvalue weighted by Crippen LogP contribution is 2.29. The lowest BCUT2D eigenvalue weighted by Gasteiger charge is -2.32. The number of halogens is 1. The van der Waals surface area contributed by atoms with Crippen molar-refractivity contribution in [3.63, 3.8) is 0 Å². The van der Waals surface area contributed by atoms with Crippen LogP contribution in [0.25, 0.3) is 0 Å². The van der Waals surface area contributed by atoms with E-state index >= 15 is 0 Å². The number of hydrogen-bond donors (Lipinski definition) is 3. The van der Waals surface area contributed by atoms with Gasteiger partial charge in [-0.15, -0.1) is 0 Å². The summed E-state index contributed by atoms with van der Waals surface area (Å²) in [5.41, 5.74) is 12.1. The van der Waals surface area contributed by atoms with Gasteiger partial charge in [0.2, 0.25) is 0 Å². The van der Waals surface area contributed by atoms with Gasteiger partial charge in [0.25, 0.3) is 5.91 Å². The van der Waals surface area contributed by atoms with Crippen LogP contribution in [-0.4, -0.2) is 50.6 Å². The van der Waals surface area contributed by atoms with Crippen LogP contribution in [0.3, 0.4) is 0 Å². The molecule has 7 heteroatoms. The van der Waals surface area contributed by atoms with E-state index in [0.29, 0.717) is 34.5 Å². The van der Waals surface area contributed by atoms with Crippen LogP contribution in [0.2, 0.25) is 5.02 Å². The predicted octanol–water partition coefficient (Wildman–Crippen LogP) is 2.89. The molecule has 0 radical (unpaired) electrons. The molecule has 1 heterocycles. The SMILES string of the molecule is COc1cc(N)c(Cl)cc1C(=O)NCC1CCN(CCCCCCN)CC1. The number of ether oxygens (including phenoxy) is 1. The summed E-state index contributed by atoms with van der Waals surface area (Å²) in [6, 6.07) is 3.15. The van der Waals surface area contributed by atoms with E-state index in [-0.39, 0.29) is 5.91 Å². The number of likely N-dealkylation sites (tertiary alicyclic amines) is 1. The fourth-order valence-corrected chi connectivity index (χ4v) is 3.66. The van der Waals surface area contributed by atoms with Gasteiger partial charge in [-0.3, -0.25) is 4.79 Å². The molecule has 1 fully saturated rings.